The summed E-state index contributed by atoms with van der Waals surface area (Å²) in [5.41, 5.74) is 11.9. The number of fused-ring (bicyclic) bond motifs is 2. The van der Waals surface area contributed by atoms with Gasteiger partial charge in [-0.2, -0.15) is 0 Å². The van der Waals surface area contributed by atoms with Crippen molar-refractivity contribution >= 4 is 21.5 Å². The Morgan fingerprint density at radius 2 is 0.571 bits per heavy atom. The van der Waals surface area contributed by atoms with Crippen molar-refractivity contribution in [2.24, 2.45) is 0 Å². The Kier molecular flexibility index (Phi) is 8.51. The van der Waals surface area contributed by atoms with Gasteiger partial charge in [0.1, 0.15) is 0 Å². The first kappa shape index (κ1) is 33.1. The molecule has 0 saturated carbocycles. The molecular weight excluding hydrogens is 679 g/mol. The predicted octanol–water partition coefficient (Wildman–Crippen LogP) is 13.8. The van der Waals surface area contributed by atoms with E-state index in [1.54, 1.807) is 0 Å². The fraction of sp³-hybridized carbons (Fsp3) is 0. The molecule has 10 rings (SSSR count). The maximum atomic E-state index is 5.21. The van der Waals surface area contributed by atoms with Crippen molar-refractivity contribution in [3.63, 3.8) is 0 Å². The second-order valence-electron chi connectivity index (χ2n) is 14.1. The van der Waals surface area contributed by atoms with Crippen molar-refractivity contribution < 1.29 is 0 Å². The second kappa shape index (κ2) is 14.4. The van der Waals surface area contributed by atoms with Crippen LogP contribution in [0.3, 0.4) is 0 Å². The predicted molar refractivity (Wildman–Crippen MR) is 233 cm³/mol. The smallest absolute Gasteiger partial charge is 0.164 e. The van der Waals surface area contributed by atoms with E-state index in [2.05, 4.69) is 200 Å². The van der Waals surface area contributed by atoms with Gasteiger partial charge in [0, 0.05) is 16.7 Å². The van der Waals surface area contributed by atoms with Crippen molar-refractivity contribution in [1.29, 1.82) is 0 Å². The minimum atomic E-state index is 0.627. The summed E-state index contributed by atoms with van der Waals surface area (Å²) in [5, 5.41) is 4.86. The van der Waals surface area contributed by atoms with Crippen molar-refractivity contribution in [2.75, 3.05) is 0 Å². The van der Waals surface area contributed by atoms with Gasteiger partial charge in [-0.25, -0.2) is 15.0 Å². The zero-order valence-corrected chi connectivity index (χ0v) is 30.5. The van der Waals surface area contributed by atoms with Gasteiger partial charge in [0.25, 0.3) is 0 Å². The molecule has 3 nitrogen and oxygen atoms in total. The highest BCUT2D eigenvalue weighted by atomic mass is 15.0. The maximum absolute atomic E-state index is 5.21. The van der Waals surface area contributed by atoms with Crippen molar-refractivity contribution in [3.8, 4) is 78.7 Å². The first-order valence-corrected chi connectivity index (χ1v) is 18.9. The van der Waals surface area contributed by atoms with Crippen LogP contribution in [0.2, 0.25) is 0 Å². The van der Waals surface area contributed by atoms with Crippen LogP contribution in [0.4, 0.5) is 0 Å². The molecular formula is C53H35N3. The first-order chi connectivity index (χ1) is 27.7. The van der Waals surface area contributed by atoms with Crippen LogP contribution in [0.5, 0.6) is 0 Å². The molecule has 9 aromatic carbocycles. The molecule has 10 aromatic rings. The topological polar surface area (TPSA) is 38.7 Å². The molecule has 0 amide bonds. The molecule has 3 heteroatoms. The van der Waals surface area contributed by atoms with E-state index in [4.69, 9.17) is 15.0 Å². The minimum Gasteiger partial charge on any atom is -0.208 e. The van der Waals surface area contributed by atoms with E-state index in [9.17, 15) is 0 Å². The van der Waals surface area contributed by atoms with Crippen LogP contribution in [0.15, 0.2) is 212 Å². The van der Waals surface area contributed by atoms with Gasteiger partial charge in [-0.3, -0.25) is 0 Å². The Labute approximate surface area is 326 Å². The van der Waals surface area contributed by atoms with Crippen LogP contribution in [0.1, 0.15) is 0 Å². The third-order valence-electron chi connectivity index (χ3n) is 10.5. The Bertz CT molecular complexity index is 2920. The van der Waals surface area contributed by atoms with Crippen LogP contribution < -0.4 is 0 Å². The summed E-state index contributed by atoms with van der Waals surface area (Å²) in [5.74, 6) is 1.88. The number of benzene rings is 9. The molecule has 0 radical (unpaired) electrons. The molecule has 0 N–H and O–H groups in total. The molecule has 0 spiro atoms. The molecule has 0 saturated heterocycles. The summed E-state index contributed by atoms with van der Waals surface area (Å²) in [7, 11) is 0. The van der Waals surface area contributed by atoms with Gasteiger partial charge in [0.2, 0.25) is 0 Å². The van der Waals surface area contributed by atoms with Crippen molar-refractivity contribution in [2.45, 2.75) is 0 Å². The van der Waals surface area contributed by atoms with Gasteiger partial charge in [0.05, 0.1) is 0 Å². The number of hydrogen-bond donors (Lipinski definition) is 0. The zero-order valence-electron chi connectivity index (χ0n) is 30.5. The second-order valence-corrected chi connectivity index (χ2v) is 14.1. The summed E-state index contributed by atoms with van der Waals surface area (Å²) in [6, 6.07) is 74.8. The third-order valence-corrected chi connectivity index (χ3v) is 10.5. The molecule has 0 aliphatic carbocycles. The zero-order chi connectivity index (χ0) is 37.3. The third kappa shape index (κ3) is 6.52. The van der Waals surface area contributed by atoms with Gasteiger partial charge < -0.3 is 0 Å². The van der Waals surface area contributed by atoms with Crippen LogP contribution in [0.25, 0.3) is 100 Å². The highest BCUT2D eigenvalue weighted by Gasteiger charge is 2.17. The fourth-order valence-electron chi connectivity index (χ4n) is 7.58. The molecule has 0 aliphatic heterocycles. The minimum absolute atomic E-state index is 0.627. The number of rotatable bonds is 7. The van der Waals surface area contributed by atoms with Crippen LogP contribution in [0, 0.1) is 0 Å². The van der Waals surface area contributed by atoms with Crippen molar-refractivity contribution in [1.82, 2.24) is 15.0 Å². The molecule has 0 bridgehead atoms. The van der Waals surface area contributed by atoms with Crippen molar-refractivity contribution in [3.05, 3.63) is 212 Å². The molecule has 0 aliphatic rings. The fourth-order valence-corrected chi connectivity index (χ4v) is 7.58. The van der Waals surface area contributed by atoms with Gasteiger partial charge in [-0.15, -0.1) is 0 Å². The molecule has 1 heterocycles. The molecule has 0 fully saturated rings. The van der Waals surface area contributed by atoms with Crippen LogP contribution in [-0.4, -0.2) is 15.0 Å². The number of aromatic nitrogens is 3. The number of hydrogen-bond acceptors (Lipinski definition) is 3. The Hall–Kier alpha value is -7.49. The largest absolute Gasteiger partial charge is 0.208 e. The lowest BCUT2D eigenvalue weighted by molar-refractivity contribution is 1.07. The monoisotopic (exact) mass is 713 g/mol. The van der Waals surface area contributed by atoms with E-state index in [0.717, 1.165) is 50.1 Å². The summed E-state index contributed by atoms with van der Waals surface area (Å²) in [6.07, 6.45) is 0. The van der Waals surface area contributed by atoms with E-state index in [-0.39, 0.29) is 0 Å². The highest BCUT2D eigenvalue weighted by molar-refractivity contribution is 5.94. The average Bonchev–Trinajstić information content (AvgIpc) is 3.29. The normalized spacial score (nSPS) is 11.2. The first-order valence-electron chi connectivity index (χ1n) is 18.9. The molecule has 0 atom stereocenters. The van der Waals surface area contributed by atoms with E-state index >= 15 is 0 Å². The Morgan fingerprint density at radius 1 is 0.196 bits per heavy atom. The molecule has 1 aromatic heterocycles. The summed E-state index contributed by atoms with van der Waals surface area (Å²) >= 11 is 0. The SMILES string of the molecule is c1ccc(-c2cccc(-c3nc(-c4cccc(-c5ccccc5)c4)nc(-c4ccccc4-c4ccc5cc(-c6ccc7ccccc7c6)ccc5c4)n3)c2)cc1. The quantitative estimate of drug-likeness (QED) is 0.165. The summed E-state index contributed by atoms with van der Waals surface area (Å²) < 4.78 is 0. The lowest BCUT2D eigenvalue weighted by atomic mass is 9.94. The van der Waals surface area contributed by atoms with Gasteiger partial charge in [-0.1, -0.05) is 182 Å². The molecule has 262 valence electrons. The lowest BCUT2D eigenvalue weighted by Crippen LogP contribution is -2.01. The summed E-state index contributed by atoms with van der Waals surface area (Å²) in [4.78, 5) is 15.6. The van der Waals surface area contributed by atoms with E-state index < -0.39 is 0 Å². The van der Waals surface area contributed by atoms with E-state index in [0.29, 0.717) is 17.5 Å². The van der Waals surface area contributed by atoms with Gasteiger partial charge >= 0.3 is 0 Å². The van der Waals surface area contributed by atoms with E-state index in [1.165, 1.54) is 32.7 Å². The lowest BCUT2D eigenvalue weighted by Gasteiger charge is -2.14. The average molecular weight is 714 g/mol. The Morgan fingerprint density at radius 3 is 1.16 bits per heavy atom. The maximum Gasteiger partial charge on any atom is 0.164 e. The Balaban J connectivity index is 1.08. The van der Waals surface area contributed by atoms with Crippen LogP contribution >= 0.6 is 0 Å². The number of nitrogens with zero attached hydrogens (tertiary/aromatic N) is 3. The van der Waals surface area contributed by atoms with Crippen LogP contribution in [-0.2, 0) is 0 Å². The molecule has 0 unspecified atom stereocenters. The van der Waals surface area contributed by atoms with Gasteiger partial charge in [-0.05, 0) is 96.4 Å². The van der Waals surface area contributed by atoms with E-state index in [1.807, 2.05) is 12.1 Å². The van der Waals surface area contributed by atoms with Gasteiger partial charge in [0.15, 0.2) is 17.5 Å². The highest BCUT2D eigenvalue weighted by Crippen LogP contribution is 2.36. The molecule has 56 heavy (non-hydrogen) atoms. The standard InChI is InChI=1S/C53H35N3/c1-3-13-36(14-4-1)40-19-11-21-47(34-40)51-54-52(48-22-12-20-41(35-48)37-15-5-2-6-16-37)56-53(55-51)50-24-10-9-23-49(50)46-30-29-44-32-43(27-28-45(44)33-46)42-26-25-38-17-7-8-18-39(38)31-42/h1-35H. The summed E-state index contributed by atoms with van der Waals surface area (Å²) in [6.45, 7) is 0.